The van der Waals surface area contributed by atoms with Crippen LogP contribution in [0.3, 0.4) is 0 Å². The van der Waals surface area contributed by atoms with Crippen molar-refractivity contribution in [3.8, 4) is 22.6 Å². The van der Waals surface area contributed by atoms with Gasteiger partial charge in [0.05, 0.1) is 23.3 Å². The van der Waals surface area contributed by atoms with Gasteiger partial charge in [-0.25, -0.2) is 0 Å². The number of phenols is 1. The predicted molar refractivity (Wildman–Crippen MR) is 99.3 cm³/mol. The largest absolute Gasteiger partial charge is 0.507 e. The number of pyridine rings is 1. The van der Waals surface area contributed by atoms with Crippen molar-refractivity contribution in [1.29, 1.82) is 0 Å². The Balaban J connectivity index is 1.59. The van der Waals surface area contributed by atoms with Crippen LogP contribution in [0.2, 0.25) is 5.02 Å². The van der Waals surface area contributed by atoms with Crippen molar-refractivity contribution < 1.29 is 9.84 Å². The Bertz CT molecular complexity index is 888. The van der Waals surface area contributed by atoms with Gasteiger partial charge in [-0.2, -0.15) is 0 Å². The minimum atomic E-state index is 0.193. The molecule has 5 nitrogen and oxygen atoms in total. The lowest BCUT2D eigenvalue weighted by molar-refractivity contribution is 0.214. The van der Waals surface area contributed by atoms with Gasteiger partial charge in [0.25, 0.3) is 0 Å². The van der Waals surface area contributed by atoms with Gasteiger partial charge in [0.15, 0.2) is 0 Å². The third-order valence-corrected chi connectivity index (χ3v) is 5.03. The summed E-state index contributed by atoms with van der Waals surface area (Å²) < 4.78 is 5.94. The fraction of sp³-hybridized carbons (Fsp3) is 0.316. The molecule has 0 atom stereocenters. The molecule has 130 valence electrons. The lowest BCUT2D eigenvalue weighted by Crippen LogP contribution is -2.30. The Morgan fingerprint density at radius 3 is 2.92 bits per heavy atom. The van der Waals surface area contributed by atoms with Crippen LogP contribution < -0.4 is 10.1 Å². The van der Waals surface area contributed by atoms with Crippen molar-refractivity contribution in [2.24, 2.45) is 5.92 Å². The van der Waals surface area contributed by atoms with Crippen molar-refractivity contribution >= 4 is 22.5 Å². The second-order valence-electron chi connectivity index (χ2n) is 6.43. The average molecular weight is 358 g/mol. The van der Waals surface area contributed by atoms with Gasteiger partial charge in [-0.15, -0.1) is 0 Å². The van der Waals surface area contributed by atoms with E-state index in [9.17, 15) is 5.11 Å². The zero-order valence-corrected chi connectivity index (χ0v) is 14.5. The van der Waals surface area contributed by atoms with Crippen LogP contribution in [-0.2, 0) is 0 Å². The van der Waals surface area contributed by atoms with Crippen molar-refractivity contribution in [2.75, 3.05) is 19.7 Å². The van der Waals surface area contributed by atoms with E-state index in [1.54, 1.807) is 24.7 Å². The molecule has 6 heteroatoms. The van der Waals surface area contributed by atoms with Crippen molar-refractivity contribution in [3.63, 3.8) is 0 Å². The number of rotatable bonds is 4. The molecule has 0 bridgehead atoms. The van der Waals surface area contributed by atoms with Gasteiger partial charge in [-0.05, 0) is 50.0 Å². The van der Waals surface area contributed by atoms with Crippen molar-refractivity contribution in [1.82, 2.24) is 15.3 Å². The van der Waals surface area contributed by atoms with E-state index in [4.69, 9.17) is 16.3 Å². The minimum Gasteiger partial charge on any atom is -0.507 e. The second kappa shape index (κ2) is 6.94. The van der Waals surface area contributed by atoms with E-state index in [0.717, 1.165) is 37.0 Å². The second-order valence-corrected chi connectivity index (χ2v) is 6.84. The molecule has 1 aliphatic rings. The van der Waals surface area contributed by atoms with Crippen LogP contribution in [0, 0.1) is 5.92 Å². The number of H-pyrrole nitrogens is 1. The number of hydrogen-bond donors (Lipinski definition) is 3. The Morgan fingerprint density at radius 2 is 2.08 bits per heavy atom. The first kappa shape index (κ1) is 16.2. The van der Waals surface area contributed by atoms with E-state index < -0.39 is 0 Å². The number of nitrogens with one attached hydrogen (secondary N) is 2. The van der Waals surface area contributed by atoms with Gasteiger partial charge in [-0.3, -0.25) is 4.98 Å². The van der Waals surface area contributed by atoms with Crippen LogP contribution in [0.15, 0.2) is 36.8 Å². The molecule has 1 aromatic carbocycles. The highest BCUT2D eigenvalue weighted by atomic mass is 35.5. The van der Waals surface area contributed by atoms with E-state index in [1.165, 1.54) is 0 Å². The Morgan fingerprint density at radius 1 is 1.24 bits per heavy atom. The summed E-state index contributed by atoms with van der Waals surface area (Å²) in [6.07, 6.45) is 7.44. The van der Waals surface area contributed by atoms with Gasteiger partial charge >= 0.3 is 0 Å². The molecule has 3 N–H and O–H groups in total. The average Bonchev–Trinajstić information content (AvgIpc) is 3.15. The standard InChI is InChI=1S/C19H20ClN3O2/c20-17-8-16(19(24)15-3-6-23-18(15)17)13-7-14(10-22-9-13)25-11-12-1-4-21-5-2-12/h3,6-10,12,21,23-24H,1-2,4-5,11H2. The summed E-state index contributed by atoms with van der Waals surface area (Å²) in [4.78, 5) is 7.30. The fourth-order valence-electron chi connectivity index (χ4n) is 3.30. The van der Waals surface area contributed by atoms with E-state index >= 15 is 0 Å². The van der Waals surface area contributed by atoms with Gasteiger partial charge < -0.3 is 20.1 Å². The molecule has 1 fully saturated rings. The van der Waals surface area contributed by atoms with Gasteiger partial charge in [0.1, 0.15) is 11.5 Å². The molecule has 2 aromatic heterocycles. The molecular weight excluding hydrogens is 338 g/mol. The number of piperidine rings is 1. The third-order valence-electron chi connectivity index (χ3n) is 4.74. The minimum absolute atomic E-state index is 0.193. The molecule has 1 aliphatic heterocycles. The summed E-state index contributed by atoms with van der Waals surface area (Å²) in [5.41, 5.74) is 2.16. The maximum atomic E-state index is 10.6. The molecule has 25 heavy (non-hydrogen) atoms. The maximum absolute atomic E-state index is 10.6. The molecule has 3 aromatic rings. The number of ether oxygens (including phenoxy) is 1. The lowest BCUT2D eigenvalue weighted by Gasteiger charge is -2.22. The fourth-order valence-corrected chi connectivity index (χ4v) is 3.57. The number of halogens is 1. The number of nitrogens with zero attached hydrogens (tertiary/aromatic N) is 1. The molecule has 0 unspecified atom stereocenters. The highest BCUT2D eigenvalue weighted by Gasteiger charge is 2.16. The molecule has 4 rings (SSSR count). The highest BCUT2D eigenvalue weighted by molar-refractivity contribution is 6.35. The third kappa shape index (κ3) is 3.30. The first-order valence-corrected chi connectivity index (χ1v) is 8.87. The summed E-state index contributed by atoms with van der Waals surface area (Å²) in [5.74, 6) is 1.47. The summed E-state index contributed by atoms with van der Waals surface area (Å²) in [5, 5.41) is 15.2. The summed E-state index contributed by atoms with van der Waals surface area (Å²) in [6, 6.07) is 5.46. The first-order chi connectivity index (χ1) is 12.2. The Kier molecular flexibility index (Phi) is 4.51. The van der Waals surface area contributed by atoms with E-state index in [2.05, 4.69) is 15.3 Å². The molecule has 0 saturated carbocycles. The van der Waals surface area contributed by atoms with Gasteiger partial charge in [-0.1, -0.05) is 11.6 Å². The number of aromatic nitrogens is 2. The molecule has 1 saturated heterocycles. The zero-order chi connectivity index (χ0) is 17.2. The SMILES string of the molecule is Oc1c(-c2cncc(OCC3CCNCC3)c2)cc(Cl)c2[nH]ccc12. The maximum Gasteiger partial charge on any atom is 0.138 e. The monoisotopic (exact) mass is 357 g/mol. The van der Waals surface area contributed by atoms with Crippen LogP contribution in [0.25, 0.3) is 22.0 Å². The molecule has 0 spiro atoms. The van der Waals surface area contributed by atoms with Crippen LogP contribution in [0.4, 0.5) is 0 Å². The zero-order valence-electron chi connectivity index (χ0n) is 13.8. The Labute approximate surface area is 151 Å². The van der Waals surface area contributed by atoms with Gasteiger partial charge in [0, 0.05) is 28.9 Å². The van der Waals surface area contributed by atoms with Crippen molar-refractivity contribution in [3.05, 3.63) is 41.8 Å². The molecule has 0 amide bonds. The molecule has 3 heterocycles. The van der Waals surface area contributed by atoms with Crippen LogP contribution in [-0.4, -0.2) is 34.8 Å². The number of aromatic amines is 1. The summed E-state index contributed by atoms with van der Waals surface area (Å²) in [7, 11) is 0. The smallest absolute Gasteiger partial charge is 0.138 e. The number of fused-ring (bicyclic) bond motifs is 1. The molecular formula is C19H20ClN3O2. The lowest BCUT2D eigenvalue weighted by atomic mass is 9.99. The van der Waals surface area contributed by atoms with Crippen LogP contribution in [0.5, 0.6) is 11.5 Å². The van der Waals surface area contributed by atoms with Gasteiger partial charge in [0.2, 0.25) is 0 Å². The van der Waals surface area contributed by atoms with Crippen molar-refractivity contribution in [2.45, 2.75) is 12.8 Å². The molecule has 0 radical (unpaired) electrons. The Hall–Kier alpha value is -2.24. The first-order valence-electron chi connectivity index (χ1n) is 8.50. The van der Waals surface area contributed by atoms with E-state index in [1.807, 2.05) is 12.1 Å². The van der Waals surface area contributed by atoms with Crippen LogP contribution >= 0.6 is 11.6 Å². The number of phenolic OH excluding ortho intramolecular Hbond substituents is 1. The predicted octanol–water partition coefficient (Wildman–Crippen LogP) is 3.97. The number of benzene rings is 1. The quantitative estimate of drug-likeness (QED) is 0.660. The van der Waals surface area contributed by atoms with E-state index in [-0.39, 0.29) is 5.75 Å². The summed E-state index contributed by atoms with van der Waals surface area (Å²) >= 11 is 6.33. The summed E-state index contributed by atoms with van der Waals surface area (Å²) in [6.45, 7) is 2.79. The highest BCUT2D eigenvalue weighted by Crippen LogP contribution is 2.40. The normalized spacial score (nSPS) is 15.6. The van der Waals surface area contributed by atoms with Crippen LogP contribution in [0.1, 0.15) is 12.8 Å². The van der Waals surface area contributed by atoms with E-state index in [0.29, 0.717) is 34.2 Å². The number of hydrogen-bond acceptors (Lipinski definition) is 4. The molecule has 0 aliphatic carbocycles. The number of aromatic hydroxyl groups is 1. The topological polar surface area (TPSA) is 70.2 Å².